The summed E-state index contributed by atoms with van der Waals surface area (Å²) < 4.78 is 29.9. The molecule has 3 aromatic rings. The summed E-state index contributed by atoms with van der Waals surface area (Å²) in [5.74, 6) is -0.171. The zero-order valence-electron chi connectivity index (χ0n) is 19.0. The largest absolute Gasteiger partial charge is 0.326 e. The lowest BCUT2D eigenvalue weighted by Crippen LogP contribution is -2.31. The fraction of sp³-hybridized carbons (Fsp3) is 0.417. The summed E-state index contributed by atoms with van der Waals surface area (Å²) in [5, 5.41) is 2.92. The molecule has 1 amide bonds. The number of aromatic nitrogens is 1. The number of amides is 1. The van der Waals surface area contributed by atoms with E-state index in [1.807, 2.05) is 32.0 Å². The molecule has 0 spiro atoms. The molecule has 1 N–H and O–H groups in total. The highest BCUT2D eigenvalue weighted by atomic mass is 32.2. The molecule has 2 aromatic carbocycles. The molecule has 7 nitrogen and oxygen atoms in total. The maximum Gasteiger partial charge on any atom is 0.308 e. The van der Waals surface area contributed by atoms with Gasteiger partial charge in [0, 0.05) is 31.7 Å². The van der Waals surface area contributed by atoms with E-state index in [1.54, 1.807) is 27.1 Å². The van der Waals surface area contributed by atoms with E-state index >= 15 is 0 Å². The first-order valence-corrected chi connectivity index (χ1v) is 13.5. The van der Waals surface area contributed by atoms with Gasteiger partial charge in [-0.25, -0.2) is 8.42 Å². The molecule has 4 rings (SSSR count). The Bertz CT molecular complexity index is 1330. The van der Waals surface area contributed by atoms with Crippen LogP contribution in [0.15, 0.2) is 46.1 Å². The molecule has 0 saturated carbocycles. The molecule has 1 saturated heterocycles. The van der Waals surface area contributed by atoms with Crippen LogP contribution in [-0.4, -0.2) is 36.3 Å². The molecule has 0 atom stereocenters. The zero-order chi connectivity index (χ0) is 23.6. The van der Waals surface area contributed by atoms with Crippen LogP contribution in [0.4, 0.5) is 5.69 Å². The average molecular weight is 488 g/mol. The number of benzene rings is 2. The smallest absolute Gasteiger partial charge is 0.308 e. The Balaban J connectivity index is 1.51. The van der Waals surface area contributed by atoms with Crippen molar-refractivity contribution >= 4 is 43.2 Å². The van der Waals surface area contributed by atoms with Crippen LogP contribution >= 0.6 is 11.3 Å². The highest BCUT2D eigenvalue weighted by molar-refractivity contribution is 7.89. The normalized spacial score (nSPS) is 15.5. The molecule has 0 unspecified atom stereocenters. The van der Waals surface area contributed by atoms with Crippen LogP contribution in [0.1, 0.15) is 43.2 Å². The van der Waals surface area contributed by atoms with Crippen molar-refractivity contribution in [3.05, 3.63) is 57.2 Å². The van der Waals surface area contributed by atoms with Gasteiger partial charge in [0.2, 0.25) is 15.9 Å². The van der Waals surface area contributed by atoms with Crippen LogP contribution in [0.2, 0.25) is 0 Å². The lowest BCUT2D eigenvalue weighted by molar-refractivity contribution is -0.116. The number of hydrogen-bond acceptors (Lipinski definition) is 5. The number of thiazole rings is 1. The van der Waals surface area contributed by atoms with Crippen LogP contribution in [-0.2, 0) is 21.4 Å². The molecule has 1 aliphatic rings. The Kier molecular flexibility index (Phi) is 7.02. The quantitative estimate of drug-likeness (QED) is 0.562. The topological polar surface area (TPSA) is 88.5 Å². The number of sulfonamides is 1. The SMILES string of the molecule is Cc1ccc(C)c(NC(=O)CCn2c(=O)sc3cc(S(=O)(=O)N4CCCCCC4)ccc32)c1. The van der Waals surface area contributed by atoms with E-state index in [-0.39, 0.29) is 28.6 Å². The van der Waals surface area contributed by atoms with E-state index in [1.165, 1.54) is 0 Å². The van der Waals surface area contributed by atoms with Crippen molar-refractivity contribution in [3.63, 3.8) is 0 Å². The van der Waals surface area contributed by atoms with Gasteiger partial charge >= 0.3 is 4.87 Å². The minimum Gasteiger partial charge on any atom is -0.326 e. The number of carbonyl (C=O) groups is 1. The predicted octanol–water partition coefficient (Wildman–Crippen LogP) is 4.27. The number of carbonyl (C=O) groups excluding carboxylic acids is 1. The molecule has 33 heavy (non-hydrogen) atoms. The van der Waals surface area contributed by atoms with Crippen LogP contribution in [0.5, 0.6) is 0 Å². The third-order valence-electron chi connectivity index (χ3n) is 6.07. The van der Waals surface area contributed by atoms with E-state index in [0.717, 1.165) is 53.8 Å². The van der Waals surface area contributed by atoms with Gasteiger partial charge in [-0.3, -0.25) is 14.2 Å². The van der Waals surface area contributed by atoms with Gasteiger partial charge in [-0.2, -0.15) is 4.31 Å². The summed E-state index contributed by atoms with van der Waals surface area (Å²) in [5.41, 5.74) is 3.46. The number of aryl methyl sites for hydroxylation is 3. The highest BCUT2D eigenvalue weighted by Gasteiger charge is 2.26. The van der Waals surface area contributed by atoms with Crippen LogP contribution < -0.4 is 10.2 Å². The summed E-state index contributed by atoms with van der Waals surface area (Å²) in [7, 11) is -3.58. The number of nitrogens with one attached hydrogen (secondary N) is 1. The number of fused-ring (bicyclic) bond motifs is 1. The fourth-order valence-corrected chi connectivity index (χ4v) is 6.72. The first-order valence-electron chi connectivity index (χ1n) is 11.3. The van der Waals surface area contributed by atoms with E-state index < -0.39 is 10.0 Å². The predicted molar refractivity (Wildman–Crippen MR) is 132 cm³/mol. The summed E-state index contributed by atoms with van der Waals surface area (Å²) in [4.78, 5) is 25.1. The second-order valence-electron chi connectivity index (χ2n) is 8.58. The van der Waals surface area contributed by atoms with Crippen molar-refractivity contribution in [1.29, 1.82) is 0 Å². The second kappa shape index (κ2) is 9.79. The molecular formula is C24H29N3O4S2. The molecule has 1 fully saturated rings. The van der Waals surface area contributed by atoms with Crippen molar-refractivity contribution < 1.29 is 13.2 Å². The third kappa shape index (κ3) is 5.20. The average Bonchev–Trinajstić information content (AvgIpc) is 2.94. The first kappa shape index (κ1) is 23.7. The van der Waals surface area contributed by atoms with Gasteiger partial charge in [0.05, 0.1) is 15.1 Å². The first-order chi connectivity index (χ1) is 15.8. The van der Waals surface area contributed by atoms with Crippen molar-refractivity contribution in [2.75, 3.05) is 18.4 Å². The molecule has 1 aromatic heterocycles. The summed E-state index contributed by atoms with van der Waals surface area (Å²) in [6.07, 6.45) is 3.98. The molecule has 9 heteroatoms. The standard InChI is InChI=1S/C24H29N3O4S2/c1-17-7-8-18(2)20(15-17)25-23(28)11-14-27-21-10-9-19(16-22(21)32-24(27)29)33(30,31)26-12-5-3-4-6-13-26/h7-10,15-16H,3-6,11-14H2,1-2H3,(H,25,28). The fourth-order valence-electron chi connectivity index (χ4n) is 4.15. The van der Waals surface area contributed by atoms with Crippen LogP contribution in [0.25, 0.3) is 10.2 Å². The van der Waals surface area contributed by atoms with Gasteiger partial charge in [0.15, 0.2) is 0 Å². The van der Waals surface area contributed by atoms with Gasteiger partial charge in [-0.15, -0.1) is 0 Å². The summed E-state index contributed by atoms with van der Waals surface area (Å²) >= 11 is 1.01. The van der Waals surface area contributed by atoms with Crippen molar-refractivity contribution in [1.82, 2.24) is 8.87 Å². The number of hydrogen-bond donors (Lipinski definition) is 1. The number of anilines is 1. The second-order valence-corrected chi connectivity index (χ2v) is 11.5. The minimum absolute atomic E-state index is 0.146. The third-order valence-corrected chi connectivity index (χ3v) is 8.91. The van der Waals surface area contributed by atoms with Gasteiger partial charge in [-0.05, 0) is 62.1 Å². The molecule has 176 valence electrons. The lowest BCUT2D eigenvalue weighted by atomic mass is 10.1. The number of nitrogens with zero attached hydrogens (tertiary/aromatic N) is 2. The molecule has 2 heterocycles. The Morgan fingerprint density at radius 1 is 1.03 bits per heavy atom. The number of rotatable bonds is 6. The van der Waals surface area contributed by atoms with Gasteiger partial charge in [0.1, 0.15) is 0 Å². The zero-order valence-corrected chi connectivity index (χ0v) is 20.6. The Morgan fingerprint density at radius 2 is 1.76 bits per heavy atom. The van der Waals surface area contributed by atoms with Crippen LogP contribution in [0.3, 0.4) is 0 Å². The van der Waals surface area contributed by atoms with Crippen molar-refractivity contribution in [2.24, 2.45) is 0 Å². The minimum atomic E-state index is -3.58. The van der Waals surface area contributed by atoms with E-state index in [0.29, 0.717) is 23.3 Å². The molecule has 0 bridgehead atoms. The monoisotopic (exact) mass is 487 g/mol. The van der Waals surface area contributed by atoms with E-state index in [9.17, 15) is 18.0 Å². The molecule has 1 aliphatic heterocycles. The Labute approximate surface area is 198 Å². The maximum absolute atomic E-state index is 13.1. The highest BCUT2D eigenvalue weighted by Crippen LogP contribution is 2.26. The summed E-state index contributed by atoms with van der Waals surface area (Å²) in [6.45, 7) is 5.20. The van der Waals surface area contributed by atoms with Crippen molar-refractivity contribution in [3.8, 4) is 0 Å². The van der Waals surface area contributed by atoms with E-state index in [2.05, 4.69) is 5.32 Å². The van der Waals surface area contributed by atoms with Crippen molar-refractivity contribution in [2.45, 2.75) is 57.4 Å². The molecular weight excluding hydrogens is 458 g/mol. The summed E-state index contributed by atoms with van der Waals surface area (Å²) in [6, 6.07) is 10.7. The lowest BCUT2D eigenvalue weighted by Gasteiger charge is -2.19. The Morgan fingerprint density at radius 3 is 2.48 bits per heavy atom. The maximum atomic E-state index is 13.1. The van der Waals surface area contributed by atoms with Gasteiger partial charge < -0.3 is 5.32 Å². The molecule has 0 aliphatic carbocycles. The van der Waals surface area contributed by atoms with Crippen LogP contribution in [0, 0.1) is 13.8 Å². The molecule has 0 radical (unpaired) electrons. The van der Waals surface area contributed by atoms with Gasteiger partial charge in [-0.1, -0.05) is 36.3 Å². The van der Waals surface area contributed by atoms with E-state index in [4.69, 9.17) is 0 Å². The van der Waals surface area contributed by atoms with Gasteiger partial charge in [0.25, 0.3) is 0 Å². The Hall–Kier alpha value is -2.49.